The number of Topliss-reactive ketones (excluding diaryl/α,β-unsaturated/α-hetero) is 1. The summed E-state index contributed by atoms with van der Waals surface area (Å²) < 4.78 is 0. The number of carbonyl (C=O) groups is 2. The minimum absolute atomic E-state index is 0.245. The van der Waals surface area contributed by atoms with Crippen LogP contribution in [0, 0.1) is 11.8 Å². The highest BCUT2D eigenvalue weighted by Gasteiger charge is 2.31. The molecule has 2 aliphatic rings. The van der Waals surface area contributed by atoms with Gasteiger partial charge in [0, 0.05) is 24.9 Å². The maximum atomic E-state index is 12.5. The Morgan fingerprint density at radius 1 is 0.842 bits per heavy atom. The highest BCUT2D eigenvalue weighted by Crippen LogP contribution is 2.30. The fourth-order valence-corrected chi connectivity index (χ4v) is 3.69. The van der Waals surface area contributed by atoms with Gasteiger partial charge in [-0.3, -0.25) is 9.59 Å². The van der Waals surface area contributed by atoms with Gasteiger partial charge in [0.15, 0.2) is 0 Å². The highest BCUT2D eigenvalue weighted by molar-refractivity contribution is 5.79. The van der Waals surface area contributed by atoms with Gasteiger partial charge in [-0.25, -0.2) is 0 Å². The molecule has 0 N–H and O–H groups in total. The molecule has 1 amide bonds. The molecule has 0 saturated heterocycles. The smallest absolute Gasteiger partial charge is 0.225 e. The third kappa shape index (κ3) is 3.58. The Balaban J connectivity index is 1.84. The Morgan fingerprint density at radius 3 is 1.95 bits per heavy atom. The molecule has 2 fully saturated rings. The molecule has 2 saturated carbocycles. The molecule has 0 unspecified atom stereocenters. The summed E-state index contributed by atoms with van der Waals surface area (Å²) in [5.74, 6) is 1.18. The van der Waals surface area contributed by atoms with Gasteiger partial charge in [0.25, 0.3) is 0 Å². The monoisotopic (exact) mass is 265 g/mol. The zero-order chi connectivity index (χ0) is 13.8. The number of ketones is 1. The quantitative estimate of drug-likeness (QED) is 0.786. The molecule has 0 heterocycles. The molecule has 0 aromatic rings. The van der Waals surface area contributed by atoms with Crippen LogP contribution in [0.2, 0.25) is 0 Å². The second-order valence-corrected chi connectivity index (χ2v) is 6.40. The van der Waals surface area contributed by atoms with Crippen LogP contribution in [0.3, 0.4) is 0 Å². The molecule has 3 heteroatoms. The summed E-state index contributed by atoms with van der Waals surface area (Å²) in [7, 11) is 1.97. The Bertz CT molecular complexity index is 326. The predicted octanol–water partition coefficient (Wildman–Crippen LogP) is 3.17. The molecule has 0 aliphatic heterocycles. The first kappa shape index (κ1) is 14.5. The zero-order valence-electron chi connectivity index (χ0n) is 12.4. The fourth-order valence-electron chi connectivity index (χ4n) is 3.69. The lowest BCUT2D eigenvalue weighted by molar-refractivity contribution is -0.138. The van der Waals surface area contributed by atoms with Gasteiger partial charge >= 0.3 is 0 Å². The molecular formula is C16H27NO2. The summed E-state index contributed by atoms with van der Waals surface area (Å²) in [6, 6.07) is 0.366. The van der Waals surface area contributed by atoms with Crippen molar-refractivity contribution in [2.24, 2.45) is 11.8 Å². The third-order valence-corrected chi connectivity index (χ3v) is 5.12. The number of carbonyl (C=O) groups excluding carboxylic acids is 2. The lowest BCUT2D eigenvalue weighted by atomic mass is 9.82. The minimum Gasteiger partial charge on any atom is -0.343 e. The molecule has 0 spiro atoms. The SMILES string of the molecule is CC(=O)C1CCC(N(C)C(=O)C2CCCCC2)CC1. The maximum Gasteiger partial charge on any atom is 0.225 e. The van der Waals surface area contributed by atoms with Crippen LogP contribution >= 0.6 is 0 Å². The Kier molecular flexibility index (Phi) is 5.00. The molecule has 0 radical (unpaired) electrons. The van der Waals surface area contributed by atoms with Crippen molar-refractivity contribution in [1.29, 1.82) is 0 Å². The molecule has 3 nitrogen and oxygen atoms in total. The standard InChI is InChI=1S/C16H27NO2/c1-12(18)13-8-10-15(11-9-13)17(2)16(19)14-6-4-3-5-7-14/h13-15H,3-11H2,1-2H3. The van der Waals surface area contributed by atoms with Crippen molar-refractivity contribution in [3.8, 4) is 0 Å². The van der Waals surface area contributed by atoms with Crippen molar-refractivity contribution < 1.29 is 9.59 Å². The fraction of sp³-hybridized carbons (Fsp3) is 0.875. The van der Waals surface area contributed by atoms with Gasteiger partial charge in [-0.15, -0.1) is 0 Å². The molecule has 108 valence electrons. The predicted molar refractivity (Wildman–Crippen MR) is 75.8 cm³/mol. The third-order valence-electron chi connectivity index (χ3n) is 5.12. The van der Waals surface area contributed by atoms with E-state index in [1.807, 2.05) is 11.9 Å². The second-order valence-electron chi connectivity index (χ2n) is 6.40. The van der Waals surface area contributed by atoms with Gasteiger partial charge in [0.1, 0.15) is 5.78 Å². The Morgan fingerprint density at radius 2 is 1.42 bits per heavy atom. The summed E-state index contributed by atoms with van der Waals surface area (Å²) in [5.41, 5.74) is 0. The Labute approximate surface area is 116 Å². The molecule has 0 aromatic heterocycles. The average Bonchev–Trinajstić information content (AvgIpc) is 2.46. The van der Waals surface area contributed by atoms with E-state index in [0.29, 0.717) is 17.7 Å². The van der Waals surface area contributed by atoms with Gasteiger partial charge in [-0.1, -0.05) is 19.3 Å². The van der Waals surface area contributed by atoms with E-state index in [0.717, 1.165) is 38.5 Å². The molecule has 2 rings (SSSR count). The summed E-state index contributed by atoms with van der Waals surface area (Å²) >= 11 is 0. The maximum absolute atomic E-state index is 12.5. The number of nitrogens with zero attached hydrogens (tertiary/aromatic N) is 1. The normalized spacial score (nSPS) is 28.9. The van der Waals surface area contributed by atoms with Crippen LogP contribution in [-0.4, -0.2) is 29.7 Å². The first-order chi connectivity index (χ1) is 9.09. The summed E-state index contributed by atoms with van der Waals surface area (Å²) in [6.45, 7) is 1.70. The Hall–Kier alpha value is -0.860. The van der Waals surface area contributed by atoms with E-state index in [9.17, 15) is 9.59 Å². The molecule has 19 heavy (non-hydrogen) atoms. The van der Waals surface area contributed by atoms with Crippen molar-refractivity contribution in [2.75, 3.05) is 7.05 Å². The van der Waals surface area contributed by atoms with Gasteiger partial charge < -0.3 is 4.90 Å². The largest absolute Gasteiger partial charge is 0.343 e. The van der Waals surface area contributed by atoms with Crippen molar-refractivity contribution in [3.63, 3.8) is 0 Å². The van der Waals surface area contributed by atoms with Gasteiger partial charge in [0.2, 0.25) is 5.91 Å². The van der Waals surface area contributed by atoms with Crippen molar-refractivity contribution in [2.45, 2.75) is 70.8 Å². The van der Waals surface area contributed by atoms with Crippen LogP contribution in [0.25, 0.3) is 0 Å². The van der Waals surface area contributed by atoms with E-state index in [2.05, 4.69) is 0 Å². The van der Waals surface area contributed by atoms with Crippen LogP contribution in [0.5, 0.6) is 0 Å². The number of amides is 1. The summed E-state index contributed by atoms with van der Waals surface area (Å²) in [5, 5.41) is 0. The van der Waals surface area contributed by atoms with Crippen molar-refractivity contribution >= 4 is 11.7 Å². The molecule has 0 aromatic carbocycles. The van der Waals surface area contributed by atoms with Crippen LogP contribution in [0.4, 0.5) is 0 Å². The minimum atomic E-state index is 0.245. The van der Waals surface area contributed by atoms with E-state index < -0.39 is 0 Å². The van der Waals surface area contributed by atoms with Crippen molar-refractivity contribution in [1.82, 2.24) is 4.90 Å². The lowest BCUT2D eigenvalue weighted by Gasteiger charge is -2.36. The van der Waals surface area contributed by atoms with Crippen molar-refractivity contribution in [3.05, 3.63) is 0 Å². The first-order valence-corrected chi connectivity index (χ1v) is 7.86. The average molecular weight is 265 g/mol. The number of hydrogen-bond acceptors (Lipinski definition) is 2. The van der Waals surface area contributed by atoms with E-state index in [1.165, 1.54) is 19.3 Å². The van der Waals surface area contributed by atoms with Crippen LogP contribution < -0.4 is 0 Å². The van der Waals surface area contributed by atoms with Crippen LogP contribution in [0.15, 0.2) is 0 Å². The molecule has 0 bridgehead atoms. The van der Waals surface area contributed by atoms with Gasteiger partial charge in [-0.2, -0.15) is 0 Å². The highest BCUT2D eigenvalue weighted by atomic mass is 16.2. The number of hydrogen-bond donors (Lipinski definition) is 0. The van der Waals surface area contributed by atoms with Gasteiger partial charge in [0.05, 0.1) is 0 Å². The van der Waals surface area contributed by atoms with E-state index in [1.54, 1.807) is 6.92 Å². The van der Waals surface area contributed by atoms with Crippen LogP contribution in [0.1, 0.15) is 64.7 Å². The van der Waals surface area contributed by atoms with Crippen LogP contribution in [-0.2, 0) is 9.59 Å². The first-order valence-electron chi connectivity index (χ1n) is 7.86. The van der Waals surface area contributed by atoms with E-state index in [-0.39, 0.29) is 11.8 Å². The van der Waals surface area contributed by atoms with E-state index >= 15 is 0 Å². The molecular weight excluding hydrogens is 238 g/mol. The summed E-state index contributed by atoms with van der Waals surface area (Å²) in [6.07, 6.45) is 9.78. The zero-order valence-corrected chi connectivity index (χ0v) is 12.4. The van der Waals surface area contributed by atoms with Gasteiger partial charge in [-0.05, 0) is 45.4 Å². The lowest BCUT2D eigenvalue weighted by Crippen LogP contribution is -2.43. The second kappa shape index (κ2) is 6.53. The number of rotatable bonds is 3. The molecule has 2 aliphatic carbocycles. The van der Waals surface area contributed by atoms with E-state index in [4.69, 9.17) is 0 Å². The topological polar surface area (TPSA) is 37.4 Å². The summed E-state index contributed by atoms with van der Waals surface area (Å²) in [4.78, 5) is 25.8. The molecule has 0 atom stereocenters.